The number of alkyl carbamates (subject to hydrolysis) is 1. The lowest BCUT2D eigenvalue weighted by atomic mass is 9.86. The highest BCUT2D eigenvalue weighted by molar-refractivity contribution is 6.99. The molecule has 6 nitrogen and oxygen atoms in total. The molecule has 0 fully saturated rings. The van der Waals surface area contributed by atoms with E-state index in [4.69, 9.17) is 20.8 Å². The first-order valence-electron chi connectivity index (χ1n) is 14.9. The molecule has 236 valence electrons. The maximum Gasteiger partial charge on any atom is 0.408 e. The standard InChI is InChI=1S/C35H51ClN2O4Si/c1-26(36)23-24-27(18-17-25-37-31(39)30(33(2,3)4)38-32(40)41-34(5,6)7)42-43(35(8,9)10,28-19-13-11-14-20-28)29-21-15-12-16-22-29/h11-17,19-23,25,27,30H,18,24H2,1-10H3,(H,37,39)(H,38,40)/t27-,30-/m1/s1. The lowest BCUT2D eigenvalue weighted by Gasteiger charge is -2.45. The number of benzene rings is 2. The van der Waals surface area contributed by atoms with Crippen LogP contribution >= 0.6 is 11.6 Å². The Bertz CT molecular complexity index is 1200. The van der Waals surface area contributed by atoms with E-state index in [0.717, 1.165) is 0 Å². The van der Waals surface area contributed by atoms with E-state index in [1.165, 1.54) is 10.4 Å². The summed E-state index contributed by atoms with van der Waals surface area (Å²) in [5.74, 6) is -0.324. The summed E-state index contributed by atoms with van der Waals surface area (Å²) in [6, 6.07) is 20.2. The Labute approximate surface area is 265 Å². The van der Waals surface area contributed by atoms with Crippen molar-refractivity contribution in [2.24, 2.45) is 5.41 Å². The van der Waals surface area contributed by atoms with Crippen LogP contribution in [0.2, 0.25) is 5.04 Å². The van der Waals surface area contributed by atoms with Crippen molar-refractivity contribution in [3.8, 4) is 0 Å². The quantitative estimate of drug-likeness (QED) is 0.254. The highest BCUT2D eigenvalue weighted by atomic mass is 35.5. The lowest BCUT2D eigenvalue weighted by molar-refractivity contribution is -0.124. The van der Waals surface area contributed by atoms with Gasteiger partial charge in [0.2, 0.25) is 5.91 Å². The number of ether oxygens (including phenoxy) is 1. The Morgan fingerprint density at radius 3 is 1.79 bits per heavy atom. The lowest BCUT2D eigenvalue weighted by Crippen LogP contribution is -2.67. The molecule has 0 aliphatic carbocycles. The van der Waals surface area contributed by atoms with Crippen LogP contribution in [0.3, 0.4) is 0 Å². The van der Waals surface area contributed by atoms with Gasteiger partial charge in [-0.3, -0.25) is 4.79 Å². The Balaban J connectivity index is 2.36. The molecular formula is C35H51ClN2O4Si. The summed E-state index contributed by atoms with van der Waals surface area (Å²) >= 11 is 6.28. The average Bonchev–Trinajstić information content (AvgIpc) is 2.89. The van der Waals surface area contributed by atoms with Gasteiger partial charge in [-0.2, -0.15) is 0 Å². The van der Waals surface area contributed by atoms with Gasteiger partial charge in [-0.25, -0.2) is 4.79 Å². The average molecular weight is 627 g/mol. The molecule has 0 bridgehead atoms. The highest BCUT2D eigenvalue weighted by Crippen LogP contribution is 2.38. The monoisotopic (exact) mass is 626 g/mol. The summed E-state index contributed by atoms with van der Waals surface area (Å²) in [5, 5.41) is 8.51. The number of amides is 2. The number of hydrogen-bond acceptors (Lipinski definition) is 4. The second-order valence-electron chi connectivity index (χ2n) is 14.0. The molecule has 0 saturated carbocycles. The van der Waals surface area contributed by atoms with E-state index >= 15 is 0 Å². The summed E-state index contributed by atoms with van der Waals surface area (Å²) in [4.78, 5) is 25.7. The molecule has 0 heterocycles. The van der Waals surface area contributed by atoms with Crippen LogP contribution in [0.25, 0.3) is 0 Å². The van der Waals surface area contributed by atoms with E-state index in [9.17, 15) is 9.59 Å². The number of nitrogens with one attached hydrogen (secondary N) is 2. The molecule has 2 aromatic carbocycles. The Hall–Kier alpha value is -2.87. The van der Waals surface area contributed by atoms with Crippen LogP contribution in [0.4, 0.5) is 4.79 Å². The van der Waals surface area contributed by atoms with Gasteiger partial charge in [-0.1, -0.05) is 126 Å². The number of hydrogen-bond donors (Lipinski definition) is 2. The zero-order valence-corrected chi connectivity index (χ0v) is 29.3. The molecule has 43 heavy (non-hydrogen) atoms. The molecule has 2 aromatic rings. The van der Waals surface area contributed by atoms with Gasteiger partial charge < -0.3 is 19.8 Å². The molecule has 8 heteroatoms. The van der Waals surface area contributed by atoms with Crippen molar-refractivity contribution in [3.63, 3.8) is 0 Å². The van der Waals surface area contributed by atoms with Crippen molar-refractivity contribution >= 4 is 42.3 Å². The third-order valence-corrected chi connectivity index (χ3v) is 12.2. The van der Waals surface area contributed by atoms with Crippen LogP contribution in [0.1, 0.15) is 82.1 Å². The van der Waals surface area contributed by atoms with Gasteiger partial charge in [0.05, 0.1) is 6.10 Å². The first-order valence-corrected chi connectivity index (χ1v) is 17.2. The van der Waals surface area contributed by atoms with E-state index < -0.39 is 31.5 Å². The van der Waals surface area contributed by atoms with Crippen LogP contribution in [0.15, 0.2) is 84.0 Å². The van der Waals surface area contributed by atoms with Gasteiger partial charge in [-0.15, -0.1) is 0 Å². The first-order chi connectivity index (χ1) is 19.9. The van der Waals surface area contributed by atoms with Crippen LogP contribution in [0.5, 0.6) is 0 Å². The van der Waals surface area contributed by atoms with Gasteiger partial charge in [0.25, 0.3) is 8.32 Å². The van der Waals surface area contributed by atoms with Gasteiger partial charge in [-0.05, 0) is 67.6 Å². The summed E-state index contributed by atoms with van der Waals surface area (Å²) in [6.07, 6.45) is 5.85. The van der Waals surface area contributed by atoms with Crippen molar-refractivity contribution in [2.75, 3.05) is 0 Å². The number of carbonyl (C=O) groups is 2. The van der Waals surface area contributed by atoms with Crippen molar-refractivity contribution < 1.29 is 18.8 Å². The van der Waals surface area contributed by atoms with E-state index in [2.05, 4.69) is 79.9 Å². The maximum atomic E-state index is 13.2. The van der Waals surface area contributed by atoms with Crippen LogP contribution in [-0.2, 0) is 14.0 Å². The van der Waals surface area contributed by atoms with E-state index in [0.29, 0.717) is 17.9 Å². The molecule has 2 N–H and O–H groups in total. The predicted molar refractivity (Wildman–Crippen MR) is 181 cm³/mol. The van der Waals surface area contributed by atoms with Crippen molar-refractivity contribution in [2.45, 2.75) is 105 Å². The fourth-order valence-corrected chi connectivity index (χ4v) is 9.77. The molecule has 0 aliphatic rings. The number of halogens is 1. The molecule has 0 unspecified atom stereocenters. The summed E-state index contributed by atoms with van der Waals surface area (Å²) < 4.78 is 12.7. The smallest absolute Gasteiger partial charge is 0.408 e. The van der Waals surface area contributed by atoms with Crippen molar-refractivity contribution in [1.29, 1.82) is 0 Å². The topological polar surface area (TPSA) is 76.7 Å². The number of carbonyl (C=O) groups excluding carboxylic acids is 2. The second-order valence-corrected chi connectivity index (χ2v) is 18.9. The molecule has 2 atom stereocenters. The Morgan fingerprint density at radius 2 is 1.37 bits per heavy atom. The summed E-state index contributed by atoms with van der Waals surface area (Å²) in [5.41, 5.74) is -1.20. The first kappa shape index (κ1) is 36.3. The highest BCUT2D eigenvalue weighted by Gasteiger charge is 2.51. The molecule has 0 spiro atoms. The van der Waals surface area contributed by atoms with Gasteiger partial charge >= 0.3 is 6.09 Å². The predicted octanol–water partition coefficient (Wildman–Crippen LogP) is 7.42. The number of rotatable bonds is 11. The maximum absolute atomic E-state index is 13.2. The normalized spacial score (nSPS) is 14.7. The molecule has 2 amide bonds. The minimum absolute atomic E-state index is 0.182. The third-order valence-electron chi connectivity index (χ3n) is 6.95. The minimum atomic E-state index is -2.80. The summed E-state index contributed by atoms with van der Waals surface area (Å²) in [7, 11) is -2.80. The van der Waals surface area contributed by atoms with Gasteiger partial charge in [0.1, 0.15) is 11.6 Å². The summed E-state index contributed by atoms with van der Waals surface area (Å²) in [6.45, 7) is 19.7. The van der Waals surface area contributed by atoms with E-state index in [-0.39, 0.29) is 17.0 Å². The molecule has 2 rings (SSSR count). The zero-order valence-electron chi connectivity index (χ0n) is 27.6. The van der Waals surface area contributed by atoms with Gasteiger partial charge in [0, 0.05) is 5.03 Å². The largest absolute Gasteiger partial charge is 0.444 e. The second kappa shape index (κ2) is 15.2. The van der Waals surface area contributed by atoms with Gasteiger partial charge in [0.15, 0.2) is 0 Å². The third kappa shape index (κ3) is 11.0. The minimum Gasteiger partial charge on any atom is -0.444 e. The molecule has 0 radical (unpaired) electrons. The zero-order chi connectivity index (χ0) is 32.5. The molecule has 0 aromatic heterocycles. The van der Waals surface area contributed by atoms with Crippen molar-refractivity contribution in [1.82, 2.24) is 10.6 Å². The Morgan fingerprint density at radius 1 is 0.860 bits per heavy atom. The molecule has 0 saturated heterocycles. The van der Waals surface area contributed by atoms with Crippen molar-refractivity contribution in [3.05, 3.63) is 84.0 Å². The van der Waals surface area contributed by atoms with Crippen LogP contribution in [-0.4, -0.2) is 38.1 Å². The fourth-order valence-electron chi connectivity index (χ4n) is 4.97. The molecular weight excluding hydrogens is 576 g/mol. The van der Waals surface area contributed by atoms with E-state index in [1.807, 2.05) is 52.0 Å². The fraction of sp³-hybridized carbons (Fsp3) is 0.486. The van der Waals surface area contributed by atoms with Crippen LogP contribution in [0, 0.1) is 5.41 Å². The SMILES string of the molecule is CC(Cl)=CC[C@@H](CC=CNC(=O)[C@@H](NC(=O)OC(C)(C)C)C(C)(C)C)O[Si](c1ccccc1)(c1ccccc1)C(C)(C)C. The van der Waals surface area contributed by atoms with Crippen LogP contribution < -0.4 is 21.0 Å². The number of allylic oxidation sites excluding steroid dienone is 1. The Kier molecular flexibility index (Phi) is 12.9. The van der Waals surface area contributed by atoms with E-state index in [1.54, 1.807) is 27.0 Å². The molecule has 0 aliphatic heterocycles.